The lowest BCUT2D eigenvalue weighted by atomic mass is 9.79. The van der Waals surface area contributed by atoms with E-state index in [0.717, 1.165) is 9.87 Å². The van der Waals surface area contributed by atoms with E-state index in [-0.39, 0.29) is 22.9 Å². The smallest absolute Gasteiger partial charge is 0.323 e. The van der Waals surface area contributed by atoms with E-state index in [1.54, 1.807) is 60.7 Å². The molecule has 39 heavy (non-hydrogen) atoms. The Bertz CT molecular complexity index is 1570. The standard InChI is InChI=1S/C29H32N2O6S2/c1-22(20-30(23(2)28(32)37-4)38(33,34)24-13-7-5-8-14-24)19-29(3)21-31(27-18-12-11-17-26(27)29)39(35,36)25-15-9-6-10-16-25/h5-18,23H,1,19-21H2,2-4H3/t23-,29?/m0/s1. The first-order valence-electron chi connectivity index (χ1n) is 12.4. The molecule has 0 saturated heterocycles. The van der Waals surface area contributed by atoms with Gasteiger partial charge in [0.05, 0.1) is 22.6 Å². The molecule has 2 atom stereocenters. The van der Waals surface area contributed by atoms with Gasteiger partial charge in [-0.3, -0.25) is 9.10 Å². The first-order chi connectivity index (χ1) is 18.4. The number of para-hydroxylation sites is 1. The topological polar surface area (TPSA) is 101 Å². The maximum atomic E-state index is 13.6. The molecular weight excluding hydrogens is 536 g/mol. The van der Waals surface area contributed by atoms with Gasteiger partial charge in [-0.1, -0.05) is 73.7 Å². The van der Waals surface area contributed by atoms with Crippen molar-refractivity contribution in [2.45, 2.75) is 41.5 Å². The van der Waals surface area contributed by atoms with E-state index in [1.165, 1.54) is 30.5 Å². The van der Waals surface area contributed by atoms with Gasteiger partial charge in [0.15, 0.2) is 0 Å². The summed E-state index contributed by atoms with van der Waals surface area (Å²) in [7, 11) is -6.69. The number of rotatable bonds is 10. The Morgan fingerprint density at radius 2 is 1.49 bits per heavy atom. The van der Waals surface area contributed by atoms with E-state index < -0.39 is 37.5 Å². The zero-order chi connectivity index (χ0) is 28.4. The second-order valence-electron chi connectivity index (χ2n) is 9.89. The molecule has 1 unspecified atom stereocenters. The van der Waals surface area contributed by atoms with Gasteiger partial charge in [-0.05, 0) is 49.2 Å². The van der Waals surface area contributed by atoms with Gasteiger partial charge in [-0.15, -0.1) is 0 Å². The Labute approximate surface area is 230 Å². The number of esters is 1. The number of anilines is 1. The number of methoxy groups -OCH3 is 1. The predicted octanol–water partition coefficient (Wildman–Crippen LogP) is 4.35. The summed E-state index contributed by atoms with van der Waals surface area (Å²) < 4.78 is 61.7. The summed E-state index contributed by atoms with van der Waals surface area (Å²) in [6.45, 7) is 7.60. The molecule has 10 heteroatoms. The molecular formula is C29H32N2O6S2. The van der Waals surface area contributed by atoms with Crippen molar-refractivity contribution in [1.82, 2.24) is 4.31 Å². The van der Waals surface area contributed by atoms with Crippen LogP contribution in [0.1, 0.15) is 25.8 Å². The van der Waals surface area contributed by atoms with Gasteiger partial charge in [-0.2, -0.15) is 4.31 Å². The highest BCUT2D eigenvalue weighted by atomic mass is 32.2. The molecule has 0 spiro atoms. The third-order valence-corrected chi connectivity index (χ3v) is 10.7. The monoisotopic (exact) mass is 568 g/mol. The number of fused-ring (bicyclic) bond motifs is 1. The third-order valence-electron chi connectivity index (χ3n) is 6.99. The summed E-state index contributed by atoms with van der Waals surface area (Å²) >= 11 is 0. The van der Waals surface area contributed by atoms with Crippen LogP contribution in [-0.4, -0.2) is 53.4 Å². The van der Waals surface area contributed by atoms with E-state index in [1.807, 2.05) is 19.1 Å². The Hall–Kier alpha value is -3.47. The maximum Gasteiger partial charge on any atom is 0.323 e. The Balaban J connectivity index is 1.65. The quantitative estimate of drug-likeness (QED) is 0.266. The van der Waals surface area contributed by atoms with Crippen molar-refractivity contribution in [3.63, 3.8) is 0 Å². The van der Waals surface area contributed by atoms with Crippen molar-refractivity contribution in [3.05, 3.63) is 103 Å². The van der Waals surface area contributed by atoms with Gasteiger partial charge >= 0.3 is 5.97 Å². The molecule has 3 aromatic rings. The average Bonchev–Trinajstić information content (AvgIpc) is 3.24. The second kappa shape index (κ2) is 11.0. The van der Waals surface area contributed by atoms with E-state index in [4.69, 9.17) is 4.74 Å². The fraction of sp³-hybridized carbons (Fsp3) is 0.276. The molecule has 0 aliphatic carbocycles. The molecule has 0 bridgehead atoms. The molecule has 0 saturated carbocycles. The van der Waals surface area contributed by atoms with Crippen LogP contribution < -0.4 is 4.31 Å². The highest BCUT2D eigenvalue weighted by Crippen LogP contribution is 2.46. The van der Waals surface area contributed by atoms with Crippen LogP contribution in [0, 0.1) is 0 Å². The van der Waals surface area contributed by atoms with Gasteiger partial charge in [0.2, 0.25) is 10.0 Å². The summed E-state index contributed by atoms with van der Waals surface area (Å²) in [6.07, 6.45) is 0.291. The molecule has 0 N–H and O–H groups in total. The summed E-state index contributed by atoms with van der Waals surface area (Å²) in [5.41, 5.74) is 1.24. The van der Waals surface area contributed by atoms with Gasteiger partial charge < -0.3 is 4.74 Å². The number of nitrogens with zero attached hydrogens (tertiary/aromatic N) is 2. The van der Waals surface area contributed by atoms with Crippen molar-refractivity contribution in [2.75, 3.05) is 24.5 Å². The van der Waals surface area contributed by atoms with Crippen LogP contribution >= 0.6 is 0 Å². The molecule has 4 rings (SSSR count). The molecule has 206 valence electrons. The Morgan fingerprint density at radius 1 is 0.949 bits per heavy atom. The number of ether oxygens (including phenoxy) is 1. The predicted molar refractivity (Wildman–Crippen MR) is 150 cm³/mol. The minimum Gasteiger partial charge on any atom is -0.468 e. The van der Waals surface area contributed by atoms with Crippen LogP contribution in [-0.2, 0) is 35.0 Å². The van der Waals surface area contributed by atoms with Crippen LogP contribution in [0.4, 0.5) is 5.69 Å². The average molecular weight is 569 g/mol. The van der Waals surface area contributed by atoms with E-state index in [9.17, 15) is 21.6 Å². The molecule has 0 amide bonds. The summed E-state index contributed by atoms with van der Waals surface area (Å²) in [5, 5.41) is 0. The molecule has 1 aliphatic rings. The zero-order valence-electron chi connectivity index (χ0n) is 22.1. The van der Waals surface area contributed by atoms with Crippen LogP contribution in [0.2, 0.25) is 0 Å². The first kappa shape index (κ1) is 28.5. The molecule has 0 aromatic heterocycles. The lowest BCUT2D eigenvalue weighted by molar-refractivity contribution is -0.144. The fourth-order valence-corrected chi connectivity index (χ4v) is 8.30. The molecule has 1 aliphatic heterocycles. The van der Waals surface area contributed by atoms with E-state index >= 15 is 0 Å². The summed E-state index contributed by atoms with van der Waals surface area (Å²) in [5.74, 6) is -0.695. The number of hydrogen-bond donors (Lipinski definition) is 0. The molecule has 0 fully saturated rings. The van der Waals surface area contributed by atoms with Gasteiger partial charge in [0, 0.05) is 18.5 Å². The van der Waals surface area contributed by atoms with Crippen molar-refractivity contribution in [3.8, 4) is 0 Å². The van der Waals surface area contributed by atoms with Gasteiger partial charge in [0.25, 0.3) is 10.0 Å². The highest BCUT2D eigenvalue weighted by Gasteiger charge is 2.44. The van der Waals surface area contributed by atoms with Gasteiger partial charge in [0.1, 0.15) is 6.04 Å². The summed E-state index contributed by atoms with van der Waals surface area (Å²) in [4.78, 5) is 12.7. The third kappa shape index (κ3) is 5.50. The SMILES string of the molecule is C=C(CN([C@@H](C)C(=O)OC)S(=O)(=O)c1ccccc1)CC1(C)CN(S(=O)(=O)c2ccccc2)c2ccccc21. The van der Waals surface area contributed by atoms with Crippen molar-refractivity contribution in [2.24, 2.45) is 0 Å². The van der Waals surface area contributed by atoms with Crippen LogP contribution in [0.5, 0.6) is 0 Å². The Morgan fingerprint density at radius 3 is 2.08 bits per heavy atom. The molecule has 8 nitrogen and oxygen atoms in total. The zero-order valence-corrected chi connectivity index (χ0v) is 23.8. The van der Waals surface area contributed by atoms with Crippen LogP contribution in [0.3, 0.4) is 0 Å². The second-order valence-corrected chi connectivity index (χ2v) is 13.6. The van der Waals surface area contributed by atoms with E-state index in [0.29, 0.717) is 17.7 Å². The highest BCUT2D eigenvalue weighted by molar-refractivity contribution is 7.92. The number of sulfonamides is 2. The van der Waals surface area contributed by atoms with Gasteiger partial charge in [-0.25, -0.2) is 16.8 Å². The number of hydrogen-bond acceptors (Lipinski definition) is 6. The molecule has 1 heterocycles. The fourth-order valence-electron chi connectivity index (χ4n) is 5.05. The number of carbonyl (C=O) groups excluding carboxylic acids is 1. The first-order valence-corrected chi connectivity index (χ1v) is 15.3. The minimum atomic E-state index is -4.07. The van der Waals surface area contributed by atoms with Crippen LogP contribution in [0.15, 0.2) is 107 Å². The van der Waals surface area contributed by atoms with Crippen LogP contribution in [0.25, 0.3) is 0 Å². The lowest BCUT2D eigenvalue weighted by Gasteiger charge is -2.31. The van der Waals surface area contributed by atoms with Crippen molar-refractivity contribution >= 4 is 31.7 Å². The van der Waals surface area contributed by atoms with E-state index in [2.05, 4.69) is 6.58 Å². The number of carbonyl (C=O) groups is 1. The normalized spacial score (nSPS) is 18.0. The Kier molecular flexibility index (Phi) is 8.02. The lowest BCUT2D eigenvalue weighted by Crippen LogP contribution is -2.45. The minimum absolute atomic E-state index is 0.0473. The molecule has 0 radical (unpaired) electrons. The largest absolute Gasteiger partial charge is 0.468 e. The van der Waals surface area contributed by atoms with Crippen molar-refractivity contribution in [1.29, 1.82) is 0 Å². The molecule has 3 aromatic carbocycles. The number of benzene rings is 3. The van der Waals surface area contributed by atoms with Crippen molar-refractivity contribution < 1.29 is 26.4 Å². The maximum absolute atomic E-state index is 13.6. The summed E-state index contributed by atoms with van der Waals surface area (Å²) in [6, 6.07) is 22.3.